The number of hydrogen-bond acceptors (Lipinski definition) is 2. The summed E-state index contributed by atoms with van der Waals surface area (Å²) >= 11 is 6.07. The number of carbonyl (C=O) groups excluding carboxylic acids is 1. The van der Waals surface area contributed by atoms with E-state index in [0.29, 0.717) is 22.7 Å². The van der Waals surface area contributed by atoms with E-state index in [-0.39, 0.29) is 5.78 Å². The van der Waals surface area contributed by atoms with Gasteiger partial charge < -0.3 is 5.73 Å². The van der Waals surface area contributed by atoms with Gasteiger partial charge in [-0.1, -0.05) is 18.5 Å². The van der Waals surface area contributed by atoms with Crippen molar-refractivity contribution in [2.24, 2.45) is 0 Å². The van der Waals surface area contributed by atoms with Crippen molar-refractivity contribution in [3.05, 3.63) is 27.8 Å². The number of hydrogen-bond donors (Lipinski definition) is 1. The van der Waals surface area contributed by atoms with E-state index in [0.717, 1.165) is 11.1 Å². The number of nitrogen functional groups attached to an aromatic ring is 1. The number of nitrogens with two attached hydrogens (primary N) is 1. The second-order valence-corrected chi connectivity index (χ2v) is 3.75. The molecule has 0 spiro atoms. The summed E-state index contributed by atoms with van der Waals surface area (Å²) in [5.41, 5.74) is 8.61. The topological polar surface area (TPSA) is 43.1 Å². The van der Waals surface area contributed by atoms with E-state index in [4.69, 9.17) is 17.3 Å². The van der Waals surface area contributed by atoms with E-state index in [1.165, 1.54) is 0 Å². The molecule has 0 radical (unpaired) electrons. The number of aryl methyl sites for hydroxylation is 1. The van der Waals surface area contributed by atoms with Crippen molar-refractivity contribution in [3.8, 4) is 0 Å². The first kappa shape index (κ1) is 11.1. The van der Waals surface area contributed by atoms with Crippen LogP contribution in [0.25, 0.3) is 0 Å². The van der Waals surface area contributed by atoms with Gasteiger partial charge in [0.25, 0.3) is 0 Å². The third-order valence-electron chi connectivity index (χ3n) is 2.35. The average molecular weight is 212 g/mol. The lowest BCUT2D eigenvalue weighted by atomic mass is 9.99. The van der Waals surface area contributed by atoms with Crippen LogP contribution in [0.2, 0.25) is 5.02 Å². The third-order valence-corrected chi connectivity index (χ3v) is 2.83. The van der Waals surface area contributed by atoms with Crippen LogP contribution in [0.4, 0.5) is 5.69 Å². The van der Waals surface area contributed by atoms with Gasteiger partial charge in [0.2, 0.25) is 0 Å². The summed E-state index contributed by atoms with van der Waals surface area (Å²) in [5.74, 6) is 0.0444. The zero-order valence-corrected chi connectivity index (χ0v) is 9.40. The Hall–Kier alpha value is -1.02. The molecule has 0 fully saturated rings. The summed E-state index contributed by atoms with van der Waals surface area (Å²) < 4.78 is 0. The van der Waals surface area contributed by atoms with E-state index in [1.807, 2.05) is 20.8 Å². The Kier molecular flexibility index (Phi) is 3.17. The average Bonchev–Trinajstić information content (AvgIpc) is 2.15. The predicted molar refractivity (Wildman–Crippen MR) is 60.0 cm³/mol. The summed E-state index contributed by atoms with van der Waals surface area (Å²) in [7, 11) is 0. The minimum absolute atomic E-state index is 0.0444. The molecule has 0 aliphatic rings. The summed E-state index contributed by atoms with van der Waals surface area (Å²) in [6.45, 7) is 5.49. The zero-order chi connectivity index (χ0) is 10.9. The lowest BCUT2D eigenvalue weighted by Crippen LogP contribution is -2.05. The SMILES string of the molecule is CCC(=O)c1c(C)c(N)cc(C)c1Cl. The molecule has 2 nitrogen and oxygen atoms in total. The molecule has 1 aromatic carbocycles. The van der Waals surface area contributed by atoms with Gasteiger partial charge in [-0.15, -0.1) is 0 Å². The Morgan fingerprint density at radius 1 is 1.50 bits per heavy atom. The summed E-state index contributed by atoms with van der Waals surface area (Å²) in [6, 6.07) is 1.80. The highest BCUT2D eigenvalue weighted by molar-refractivity contribution is 6.35. The molecule has 1 aromatic rings. The maximum absolute atomic E-state index is 11.6. The van der Waals surface area contributed by atoms with Crippen LogP contribution >= 0.6 is 11.6 Å². The first-order valence-corrected chi connectivity index (χ1v) is 4.95. The normalized spacial score (nSPS) is 10.3. The Morgan fingerprint density at radius 3 is 2.57 bits per heavy atom. The lowest BCUT2D eigenvalue weighted by molar-refractivity contribution is 0.0987. The van der Waals surface area contributed by atoms with Gasteiger partial charge in [-0.05, 0) is 31.0 Å². The number of ketones is 1. The first-order chi connectivity index (χ1) is 6.49. The Labute approximate surface area is 89.1 Å². The molecule has 0 heterocycles. The second kappa shape index (κ2) is 4.01. The van der Waals surface area contributed by atoms with E-state index in [1.54, 1.807) is 6.07 Å². The number of benzene rings is 1. The van der Waals surface area contributed by atoms with Gasteiger partial charge in [-0.2, -0.15) is 0 Å². The molecular formula is C11H14ClNO. The number of anilines is 1. The van der Waals surface area contributed by atoms with Gasteiger partial charge >= 0.3 is 0 Å². The van der Waals surface area contributed by atoms with Crippen LogP contribution in [-0.4, -0.2) is 5.78 Å². The third kappa shape index (κ3) is 1.75. The van der Waals surface area contributed by atoms with Crippen molar-refractivity contribution in [1.82, 2.24) is 0 Å². The highest BCUT2D eigenvalue weighted by Crippen LogP contribution is 2.29. The minimum atomic E-state index is 0.0444. The van der Waals surface area contributed by atoms with Crippen LogP contribution in [0.3, 0.4) is 0 Å². The van der Waals surface area contributed by atoms with Crippen molar-refractivity contribution in [3.63, 3.8) is 0 Å². The van der Waals surface area contributed by atoms with Gasteiger partial charge in [-0.3, -0.25) is 4.79 Å². The maximum Gasteiger partial charge on any atom is 0.164 e. The molecule has 0 saturated carbocycles. The van der Waals surface area contributed by atoms with Gasteiger partial charge in [-0.25, -0.2) is 0 Å². The van der Waals surface area contributed by atoms with E-state index in [9.17, 15) is 4.79 Å². The molecule has 0 aliphatic carbocycles. The molecule has 0 unspecified atom stereocenters. The fourth-order valence-electron chi connectivity index (χ4n) is 1.42. The lowest BCUT2D eigenvalue weighted by Gasteiger charge is -2.11. The Balaban J connectivity index is 3.47. The van der Waals surface area contributed by atoms with Crippen LogP contribution in [0.5, 0.6) is 0 Å². The number of Topliss-reactive ketones (excluding diaryl/α,β-unsaturated/α-hetero) is 1. The molecule has 1 rings (SSSR count). The molecule has 0 bridgehead atoms. The molecule has 0 saturated heterocycles. The molecule has 2 N–H and O–H groups in total. The fourth-order valence-corrected chi connectivity index (χ4v) is 1.72. The van der Waals surface area contributed by atoms with E-state index in [2.05, 4.69) is 0 Å². The molecule has 0 aliphatic heterocycles. The van der Waals surface area contributed by atoms with Crippen LogP contribution in [0.15, 0.2) is 6.07 Å². The molecule has 14 heavy (non-hydrogen) atoms. The van der Waals surface area contributed by atoms with Crippen molar-refractivity contribution in [1.29, 1.82) is 0 Å². The molecular weight excluding hydrogens is 198 g/mol. The Bertz CT molecular complexity index is 359. The summed E-state index contributed by atoms with van der Waals surface area (Å²) in [6.07, 6.45) is 0.448. The van der Waals surface area contributed by atoms with Gasteiger partial charge in [0.15, 0.2) is 5.78 Å². The smallest absolute Gasteiger partial charge is 0.164 e. The minimum Gasteiger partial charge on any atom is -0.398 e. The number of carbonyl (C=O) groups is 1. The van der Waals surface area contributed by atoms with Gasteiger partial charge in [0, 0.05) is 17.7 Å². The van der Waals surface area contributed by atoms with Crippen LogP contribution < -0.4 is 5.73 Å². The van der Waals surface area contributed by atoms with Crippen LogP contribution in [-0.2, 0) is 0 Å². The summed E-state index contributed by atoms with van der Waals surface area (Å²) in [5, 5.41) is 0.531. The van der Waals surface area contributed by atoms with Gasteiger partial charge in [0.05, 0.1) is 5.02 Å². The molecule has 3 heteroatoms. The Morgan fingerprint density at radius 2 is 2.07 bits per heavy atom. The first-order valence-electron chi connectivity index (χ1n) is 4.57. The number of halogens is 1. The van der Waals surface area contributed by atoms with Crippen LogP contribution in [0.1, 0.15) is 34.8 Å². The summed E-state index contributed by atoms with van der Waals surface area (Å²) in [4.78, 5) is 11.6. The van der Waals surface area contributed by atoms with Crippen LogP contribution in [0, 0.1) is 13.8 Å². The number of rotatable bonds is 2. The quantitative estimate of drug-likeness (QED) is 0.603. The van der Waals surface area contributed by atoms with E-state index >= 15 is 0 Å². The largest absolute Gasteiger partial charge is 0.398 e. The molecule has 0 amide bonds. The second-order valence-electron chi connectivity index (χ2n) is 3.37. The highest BCUT2D eigenvalue weighted by atomic mass is 35.5. The van der Waals surface area contributed by atoms with Crippen molar-refractivity contribution in [2.45, 2.75) is 27.2 Å². The van der Waals surface area contributed by atoms with Crippen molar-refractivity contribution in [2.75, 3.05) is 5.73 Å². The monoisotopic (exact) mass is 211 g/mol. The zero-order valence-electron chi connectivity index (χ0n) is 8.65. The van der Waals surface area contributed by atoms with Crippen molar-refractivity contribution >= 4 is 23.1 Å². The van der Waals surface area contributed by atoms with E-state index < -0.39 is 0 Å². The van der Waals surface area contributed by atoms with Gasteiger partial charge in [0.1, 0.15) is 0 Å². The molecule has 76 valence electrons. The maximum atomic E-state index is 11.6. The fraction of sp³-hybridized carbons (Fsp3) is 0.364. The highest BCUT2D eigenvalue weighted by Gasteiger charge is 2.15. The standard InChI is InChI=1S/C11H14ClNO/c1-4-9(14)10-7(3)8(13)5-6(2)11(10)12/h5H,4,13H2,1-3H3. The van der Waals surface area contributed by atoms with Crippen molar-refractivity contribution < 1.29 is 4.79 Å². The molecule has 0 atom stereocenters. The molecule has 0 aromatic heterocycles. The predicted octanol–water partition coefficient (Wildman–Crippen LogP) is 3.13.